The van der Waals surface area contributed by atoms with Gasteiger partial charge < -0.3 is 11.1 Å². The highest BCUT2D eigenvalue weighted by molar-refractivity contribution is 5.85. The summed E-state index contributed by atoms with van der Waals surface area (Å²) in [5, 5.41) is 2.58. The summed E-state index contributed by atoms with van der Waals surface area (Å²) in [5.74, 6) is -0.0903. The second-order valence-electron chi connectivity index (χ2n) is 1.68. The van der Waals surface area contributed by atoms with Crippen molar-refractivity contribution in [2.24, 2.45) is 5.73 Å². The van der Waals surface area contributed by atoms with E-state index >= 15 is 0 Å². The molecule has 0 aliphatic carbocycles. The monoisotopic (exact) mass is 152 g/mol. The molecule has 0 radical (unpaired) electrons. The third-order valence-corrected chi connectivity index (χ3v) is 0.765. The number of halogens is 1. The Balaban J connectivity index is 0. The summed E-state index contributed by atoms with van der Waals surface area (Å²) in [5.41, 5.74) is 5.21. The maximum absolute atomic E-state index is 10.5. The molecule has 0 heterocycles. The lowest BCUT2D eigenvalue weighted by Gasteiger charge is -2.02. The molecule has 3 N–H and O–H groups in total. The lowest BCUT2D eigenvalue weighted by atomic mass is 10.3. The van der Waals surface area contributed by atoms with Gasteiger partial charge in [-0.25, -0.2) is 0 Å². The summed E-state index contributed by atoms with van der Waals surface area (Å²) >= 11 is 0. The van der Waals surface area contributed by atoms with Gasteiger partial charge in [0.1, 0.15) is 0 Å². The van der Waals surface area contributed by atoms with E-state index < -0.39 is 0 Å². The molecule has 0 saturated heterocycles. The van der Waals surface area contributed by atoms with Crippen LogP contribution in [0.1, 0.15) is 13.8 Å². The zero-order valence-corrected chi connectivity index (χ0v) is 6.49. The average molecular weight is 153 g/mol. The minimum absolute atomic E-state index is 0. The van der Waals surface area contributed by atoms with Crippen molar-refractivity contribution < 1.29 is 4.79 Å². The van der Waals surface area contributed by atoms with Gasteiger partial charge in [-0.2, -0.15) is 0 Å². The van der Waals surface area contributed by atoms with E-state index in [0.29, 0.717) is 6.54 Å². The molecule has 0 aromatic carbocycles. The Kier molecular flexibility index (Phi) is 7.48. The number of hydrogen-bond acceptors (Lipinski definition) is 2. The summed E-state index contributed by atoms with van der Waals surface area (Å²) in [4.78, 5) is 10.5. The molecule has 9 heavy (non-hydrogen) atoms. The molecule has 0 fully saturated rings. The number of amides is 1. The first kappa shape index (κ1) is 11.5. The molecule has 0 aromatic rings. The fourth-order valence-electron chi connectivity index (χ4n) is 0.335. The van der Waals surface area contributed by atoms with Crippen molar-refractivity contribution in [3.8, 4) is 0 Å². The lowest BCUT2D eigenvalue weighted by molar-refractivity contribution is -0.121. The van der Waals surface area contributed by atoms with Gasteiger partial charge in [-0.15, -0.1) is 12.4 Å². The summed E-state index contributed by atoms with van der Waals surface area (Å²) in [7, 11) is 0. The van der Waals surface area contributed by atoms with Crippen molar-refractivity contribution in [2.75, 3.05) is 6.54 Å². The van der Waals surface area contributed by atoms with E-state index in [-0.39, 0.29) is 24.4 Å². The smallest absolute Gasteiger partial charge is 0.236 e. The van der Waals surface area contributed by atoms with Crippen molar-refractivity contribution in [3.63, 3.8) is 0 Å². The number of nitrogens with two attached hydrogens (primary N) is 1. The van der Waals surface area contributed by atoms with Crippen LogP contribution in [0.3, 0.4) is 0 Å². The van der Waals surface area contributed by atoms with Crippen molar-refractivity contribution in [3.05, 3.63) is 0 Å². The third kappa shape index (κ3) is 5.59. The highest BCUT2D eigenvalue weighted by atomic mass is 35.5. The molecular formula is C5H13ClN2O. The van der Waals surface area contributed by atoms with Crippen LogP contribution in [0.25, 0.3) is 0 Å². The third-order valence-electron chi connectivity index (χ3n) is 0.765. The highest BCUT2D eigenvalue weighted by Crippen LogP contribution is 1.71. The van der Waals surface area contributed by atoms with Crippen LogP contribution in [0.15, 0.2) is 0 Å². The van der Waals surface area contributed by atoms with E-state index in [1.54, 1.807) is 6.92 Å². The molecule has 56 valence electrons. The molecule has 1 amide bonds. The van der Waals surface area contributed by atoms with Crippen LogP contribution in [-0.2, 0) is 4.79 Å². The van der Waals surface area contributed by atoms with Crippen LogP contribution < -0.4 is 11.1 Å². The van der Waals surface area contributed by atoms with Crippen LogP contribution in [-0.4, -0.2) is 18.5 Å². The van der Waals surface area contributed by atoms with Gasteiger partial charge in [-0.05, 0) is 13.8 Å². The van der Waals surface area contributed by atoms with Crippen LogP contribution >= 0.6 is 12.4 Å². The minimum Gasteiger partial charge on any atom is -0.355 e. The van der Waals surface area contributed by atoms with E-state index in [1.807, 2.05) is 6.92 Å². The lowest BCUT2D eigenvalue weighted by Crippen LogP contribution is -2.37. The van der Waals surface area contributed by atoms with Gasteiger partial charge >= 0.3 is 0 Å². The number of rotatable bonds is 2. The van der Waals surface area contributed by atoms with Crippen LogP contribution in [0.5, 0.6) is 0 Å². The fourth-order valence-corrected chi connectivity index (χ4v) is 0.335. The predicted molar refractivity (Wildman–Crippen MR) is 39.6 cm³/mol. The van der Waals surface area contributed by atoms with Crippen molar-refractivity contribution in [2.45, 2.75) is 19.9 Å². The normalized spacial score (nSPS) is 11.4. The van der Waals surface area contributed by atoms with Gasteiger partial charge in [-0.1, -0.05) is 0 Å². The zero-order chi connectivity index (χ0) is 6.57. The average Bonchev–Trinajstić information content (AvgIpc) is 1.67. The second-order valence-corrected chi connectivity index (χ2v) is 1.68. The first-order chi connectivity index (χ1) is 3.68. The zero-order valence-electron chi connectivity index (χ0n) is 5.68. The molecule has 0 spiro atoms. The van der Waals surface area contributed by atoms with Gasteiger partial charge in [0, 0.05) is 6.54 Å². The SMILES string of the molecule is CCNC(=O)[C@H](C)N.Cl. The van der Waals surface area contributed by atoms with Gasteiger partial charge in [0.05, 0.1) is 6.04 Å². The molecule has 3 nitrogen and oxygen atoms in total. The number of likely N-dealkylation sites (N-methyl/N-ethyl adjacent to an activating group) is 1. The van der Waals surface area contributed by atoms with Gasteiger partial charge in [0.15, 0.2) is 0 Å². The Morgan fingerprint density at radius 1 is 1.78 bits per heavy atom. The predicted octanol–water partition coefficient (Wildman–Crippen LogP) is -0.108. The summed E-state index contributed by atoms with van der Waals surface area (Å²) in [6, 6.07) is -0.380. The second kappa shape index (κ2) is 5.85. The van der Waals surface area contributed by atoms with Gasteiger partial charge in [0.2, 0.25) is 5.91 Å². The number of carbonyl (C=O) groups excluding carboxylic acids is 1. The first-order valence-corrected chi connectivity index (χ1v) is 2.71. The minimum atomic E-state index is -0.380. The largest absolute Gasteiger partial charge is 0.355 e. The van der Waals surface area contributed by atoms with Crippen molar-refractivity contribution in [1.82, 2.24) is 5.32 Å². The van der Waals surface area contributed by atoms with Crippen LogP contribution in [0.4, 0.5) is 0 Å². The molecule has 0 unspecified atom stereocenters. The summed E-state index contributed by atoms with van der Waals surface area (Å²) in [6.07, 6.45) is 0. The van der Waals surface area contributed by atoms with Crippen molar-refractivity contribution in [1.29, 1.82) is 0 Å². The Bertz CT molecular complexity index is 85.0. The quantitative estimate of drug-likeness (QED) is 0.580. The maximum atomic E-state index is 10.5. The fraction of sp³-hybridized carbons (Fsp3) is 0.800. The molecule has 4 heteroatoms. The van der Waals surface area contributed by atoms with Crippen LogP contribution in [0.2, 0.25) is 0 Å². The van der Waals surface area contributed by atoms with E-state index in [4.69, 9.17) is 5.73 Å². The standard InChI is InChI=1S/C5H12N2O.ClH/c1-3-7-5(8)4(2)6;/h4H,3,6H2,1-2H3,(H,7,8);1H/t4-;/m0./s1. The van der Waals surface area contributed by atoms with Gasteiger partial charge in [-0.3, -0.25) is 4.79 Å². The van der Waals surface area contributed by atoms with Crippen LogP contribution in [0, 0.1) is 0 Å². The van der Waals surface area contributed by atoms with E-state index in [9.17, 15) is 4.79 Å². The Morgan fingerprint density at radius 2 is 2.22 bits per heavy atom. The molecule has 0 rings (SSSR count). The molecular weight excluding hydrogens is 140 g/mol. The van der Waals surface area contributed by atoms with E-state index in [1.165, 1.54) is 0 Å². The molecule has 0 aromatic heterocycles. The topological polar surface area (TPSA) is 55.1 Å². The Morgan fingerprint density at radius 3 is 2.33 bits per heavy atom. The summed E-state index contributed by atoms with van der Waals surface area (Å²) < 4.78 is 0. The Hall–Kier alpha value is -0.280. The summed E-state index contributed by atoms with van der Waals surface area (Å²) in [6.45, 7) is 4.17. The number of hydrogen-bond donors (Lipinski definition) is 2. The first-order valence-electron chi connectivity index (χ1n) is 2.71. The number of carbonyl (C=O) groups is 1. The molecule has 0 aliphatic rings. The Labute approximate surface area is 61.4 Å². The molecule has 0 bridgehead atoms. The maximum Gasteiger partial charge on any atom is 0.236 e. The van der Waals surface area contributed by atoms with E-state index in [2.05, 4.69) is 5.32 Å². The highest BCUT2D eigenvalue weighted by Gasteiger charge is 2.02. The van der Waals surface area contributed by atoms with Gasteiger partial charge in [0.25, 0.3) is 0 Å². The number of nitrogens with one attached hydrogen (secondary N) is 1. The van der Waals surface area contributed by atoms with Crippen molar-refractivity contribution >= 4 is 18.3 Å². The molecule has 1 atom stereocenters. The molecule has 0 saturated carbocycles. The van der Waals surface area contributed by atoms with E-state index in [0.717, 1.165) is 0 Å². The molecule has 0 aliphatic heterocycles.